The van der Waals surface area contributed by atoms with E-state index in [0.717, 1.165) is 12.1 Å². The van der Waals surface area contributed by atoms with Crippen LogP contribution in [0.4, 0.5) is 27.6 Å². The van der Waals surface area contributed by atoms with Crippen LogP contribution < -0.4 is 14.8 Å². The van der Waals surface area contributed by atoms with Crippen LogP contribution in [0.1, 0.15) is 28.8 Å². The van der Waals surface area contributed by atoms with E-state index in [2.05, 4.69) is 20.1 Å². The third-order valence-corrected chi connectivity index (χ3v) is 4.23. The molecule has 0 aliphatic carbocycles. The van der Waals surface area contributed by atoms with Gasteiger partial charge in [-0.05, 0) is 32.0 Å². The lowest BCUT2D eigenvalue weighted by molar-refractivity contribution is -0.142. The Bertz CT molecular complexity index is 1130. The van der Waals surface area contributed by atoms with Gasteiger partial charge in [0.15, 0.2) is 22.8 Å². The number of carbonyl (C=O) groups is 1. The molecule has 1 N–H and O–H groups in total. The van der Waals surface area contributed by atoms with Crippen molar-refractivity contribution in [1.29, 1.82) is 0 Å². The van der Waals surface area contributed by atoms with Gasteiger partial charge in [0.05, 0.1) is 6.61 Å². The summed E-state index contributed by atoms with van der Waals surface area (Å²) in [6.45, 7) is -0.00625. The van der Waals surface area contributed by atoms with Gasteiger partial charge in [0.1, 0.15) is 10.7 Å². The molecule has 0 unspecified atom stereocenters. The van der Waals surface area contributed by atoms with Gasteiger partial charge in [0.25, 0.3) is 5.91 Å². The van der Waals surface area contributed by atoms with Gasteiger partial charge < -0.3 is 14.8 Å². The van der Waals surface area contributed by atoms with Crippen molar-refractivity contribution in [3.63, 3.8) is 0 Å². The van der Waals surface area contributed by atoms with E-state index in [-0.39, 0.29) is 40.2 Å². The second-order valence-corrected chi connectivity index (χ2v) is 6.48. The van der Waals surface area contributed by atoms with Gasteiger partial charge in [-0.25, -0.2) is 9.50 Å². The fourth-order valence-corrected chi connectivity index (χ4v) is 2.94. The summed E-state index contributed by atoms with van der Waals surface area (Å²) in [7, 11) is 0. The highest BCUT2D eigenvalue weighted by Gasteiger charge is 2.36. The maximum atomic E-state index is 13.3. The van der Waals surface area contributed by atoms with Crippen LogP contribution in [-0.2, 0) is 6.18 Å². The number of aryl methyl sites for hydroxylation is 1. The lowest BCUT2D eigenvalue weighted by Crippen LogP contribution is -2.16. The lowest BCUT2D eigenvalue weighted by atomic mass is 10.2. The molecule has 0 bridgehead atoms. The van der Waals surface area contributed by atoms with Gasteiger partial charge in [-0.15, -0.1) is 0 Å². The fourth-order valence-electron chi connectivity index (χ4n) is 2.70. The Morgan fingerprint density at radius 2 is 1.97 bits per heavy atom. The summed E-state index contributed by atoms with van der Waals surface area (Å²) in [5.74, 6) is -1.26. The van der Waals surface area contributed by atoms with Crippen LogP contribution in [0.3, 0.4) is 0 Å². The molecule has 7 nitrogen and oxygen atoms in total. The maximum Gasteiger partial charge on any atom is 0.433 e. The fraction of sp³-hybridized carbons (Fsp3) is 0.278. The molecule has 0 aliphatic rings. The summed E-state index contributed by atoms with van der Waals surface area (Å²) >= 11 is 6.07. The summed E-state index contributed by atoms with van der Waals surface area (Å²) in [5, 5.41) is 5.67. The number of nitrogens with one attached hydrogen (secondary N) is 1. The van der Waals surface area contributed by atoms with Crippen molar-refractivity contribution in [2.45, 2.75) is 26.6 Å². The van der Waals surface area contributed by atoms with E-state index in [4.69, 9.17) is 16.3 Å². The van der Waals surface area contributed by atoms with Crippen LogP contribution in [0, 0.1) is 6.92 Å². The molecule has 0 spiro atoms. The quantitative estimate of drug-likeness (QED) is 0.522. The Morgan fingerprint density at radius 3 is 2.58 bits per heavy atom. The van der Waals surface area contributed by atoms with Crippen LogP contribution in [0.15, 0.2) is 24.3 Å². The van der Waals surface area contributed by atoms with E-state index in [1.165, 1.54) is 19.1 Å². The maximum absolute atomic E-state index is 13.3. The van der Waals surface area contributed by atoms with Crippen molar-refractivity contribution in [2.75, 3.05) is 11.9 Å². The summed E-state index contributed by atoms with van der Waals surface area (Å²) in [6, 6.07) is 4.37. The number of hydrogen-bond acceptors (Lipinski definition) is 5. The number of benzene rings is 1. The molecular formula is C18H14ClF5N4O3. The van der Waals surface area contributed by atoms with Crippen LogP contribution in [0.25, 0.3) is 5.65 Å². The zero-order valence-corrected chi connectivity index (χ0v) is 16.7. The van der Waals surface area contributed by atoms with Crippen molar-refractivity contribution < 1.29 is 36.2 Å². The average molecular weight is 465 g/mol. The van der Waals surface area contributed by atoms with Gasteiger partial charge in [-0.3, -0.25) is 4.79 Å². The van der Waals surface area contributed by atoms with E-state index in [0.29, 0.717) is 4.52 Å². The van der Waals surface area contributed by atoms with Crippen molar-refractivity contribution in [2.24, 2.45) is 0 Å². The molecule has 166 valence electrons. The van der Waals surface area contributed by atoms with Crippen molar-refractivity contribution in [3.05, 3.63) is 46.4 Å². The molecule has 3 rings (SSSR count). The first-order valence-electron chi connectivity index (χ1n) is 8.67. The Labute approximate surface area is 176 Å². The SMILES string of the molecule is CCOc1cc(NC(=O)c2nn3c(C(F)(F)F)cc(C)nc3c2Cl)ccc1OC(F)F. The highest BCUT2D eigenvalue weighted by molar-refractivity contribution is 6.37. The van der Waals surface area contributed by atoms with E-state index < -0.39 is 30.1 Å². The molecule has 3 aromatic rings. The monoisotopic (exact) mass is 464 g/mol. The van der Waals surface area contributed by atoms with Crippen LogP contribution in [0.2, 0.25) is 5.02 Å². The largest absolute Gasteiger partial charge is 0.490 e. The molecule has 0 atom stereocenters. The Balaban J connectivity index is 1.97. The average Bonchev–Trinajstić information content (AvgIpc) is 2.99. The van der Waals surface area contributed by atoms with E-state index >= 15 is 0 Å². The van der Waals surface area contributed by atoms with E-state index in [1.54, 1.807) is 6.92 Å². The molecule has 2 heterocycles. The molecule has 0 fully saturated rings. The number of fused-ring (bicyclic) bond motifs is 1. The zero-order valence-electron chi connectivity index (χ0n) is 15.9. The number of carbonyl (C=O) groups excluding carboxylic acids is 1. The molecule has 0 radical (unpaired) electrons. The first-order valence-corrected chi connectivity index (χ1v) is 9.05. The molecule has 0 saturated heterocycles. The van der Waals surface area contributed by atoms with Crippen LogP contribution in [-0.4, -0.2) is 33.7 Å². The molecule has 1 aromatic carbocycles. The first kappa shape index (κ1) is 22.5. The van der Waals surface area contributed by atoms with Crippen molar-refractivity contribution in [3.8, 4) is 11.5 Å². The molecular weight excluding hydrogens is 451 g/mol. The zero-order chi connectivity index (χ0) is 22.9. The van der Waals surface area contributed by atoms with Crippen molar-refractivity contribution >= 4 is 28.8 Å². The Hall–Kier alpha value is -3.15. The number of nitrogens with zero attached hydrogens (tertiary/aromatic N) is 3. The predicted octanol–water partition coefficient (Wildman–Crippen LogP) is 4.96. The number of aromatic nitrogens is 3. The minimum absolute atomic E-state index is 0.0320. The molecule has 31 heavy (non-hydrogen) atoms. The Kier molecular flexibility index (Phi) is 6.20. The van der Waals surface area contributed by atoms with Gasteiger partial charge >= 0.3 is 12.8 Å². The number of rotatable bonds is 6. The van der Waals surface area contributed by atoms with Gasteiger partial charge in [0.2, 0.25) is 0 Å². The number of alkyl halides is 5. The standard InChI is InChI=1S/C18H14ClF5N4O3/c1-3-30-11-7-9(4-5-10(11)31-17(20)21)26-16(29)14-13(19)15-25-8(2)6-12(18(22,23)24)28(15)27-14/h4-7,17H,3H2,1-2H3,(H,26,29). The lowest BCUT2D eigenvalue weighted by Gasteiger charge is -2.13. The second kappa shape index (κ2) is 8.53. The molecule has 13 heteroatoms. The van der Waals surface area contributed by atoms with Gasteiger partial charge in [0, 0.05) is 17.4 Å². The summed E-state index contributed by atoms with van der Waals surface area (Å²) in [4.78, 5) is 16.5. The van der Waals surface area contributed by atoms with E-state index in [1.807, 2.05) is 0 Å². The van der Waals surface area contributed by atoms with Gasteiger partial charge in [-0.2, -0.15) is 27.1 Å². The summed E-state index contributed by atoms with van der Waals surface area (Å²) in [5.41, 5.74) is -1.87. The number of hydrogen-bond donors (Lipinski definition) is 1. The summed E-state index contributed by atoms with van der Waals surface area (Å²) < 4.78 is 75.0. The van der Waals surface area contributed by atoms with Crippen LogP contribution >= 0.6 is 11.6 Å². The predicted molar refractivity (Wildman–Crippen MR) is 99.9 cm³/mol. The summed E-state index contributed by atoms with van der Waals surface area (Å²) in [6.07, 6.45) is -4.76. The van der Waals surface area contributed by atoms with Crippen molar-refractivity contribution in [1.82, 2.24) is 14.6 Å². The molecule has 0 saturated carbocycles. The number of ether oxygens (including phenoxy) is 2. The molecule has 0 aliphatic heterocycles. The second-order valence-electron chi connectivity index (χ2n) is 6.11. The normalized spacial score (nSPS) is 11.8. The minimum atomic E-state index is -4.76. The first-order chi connectivity index (χ1) is 14.5. The minimum Gasteiger partial charge on any atom is -0.490 e. The van der Waals surface area contributed by atoms with E-state index in [9.17, 15) is 26.7 Å². The third kappa shape index (κ3) is 4.79. The smallest absolute Gasteiger partial charge is 0.433 e. The topological polar surface area (TPSA) is 77.8 Å². The third-order valence-electron chi connectivity index (χ3n) is 3.88. The number of halogens is 6. The van der Waals surface area contributed by atoms with Gasteiger partial charge in [-0.1, -0.05) is 11.6 Å². The number of anilines is 1. The molecule has 1 amide bonds. The number of amides is 1. The Morgan fingerprint density at radius 1 is 1.26 bits per heavy atom. The highest BCUT2D eigenvalue weighted by atomic mass is 35.5. The highest BCUT2D eigenvalue weighted by Crippen LogP contribution is 2.34. The van der Waals surface area contributed by atoms with Crippen LogP contribution in [0.5, 0.6) is 11.5 Å². The molecule has 2 aromatic heterocycles.